The van der Waals surface area contributed by atoms with E-state index in [1.807, 2.05) is 12.1 Å². The van der Waals surface area contributed by atoms with Crippen molar-refractivity contribution >= 4 is 44.9 Å². The molecule has 0 aliphatic rings. The molecule has 0 amide bonds. The van der Waals surface area contributed by atoms with Crippen molar-refractivity contribution in [2.75, 3.05) is 0 Å². The first kappa shape index (κ1) is 17.4. The molecule has 0 aliphatic carbocycles. The third kappa shape index (κ3) is 3.07. The topological polar surface area (TPSA) is 0 Å². The summed E-state index contributed by atoms with van der Waals surface area (Å²) >= 11 is 7.91. The fourth-order valence-electron chi connectivity index (χ4n) is 3.73. The van der Waals surface area contributed by atoms with Gasteiger partial charge in [0.2, 0.25) is 0 Å². The SMILES string of the molecule is Clc1ccc(Sc2c(-c3ccccc3)c3ccccc3c3ccccc23)cc1. The van der Waals surface area contributed by atoms with Crippen LogP contribution in [0.1, 0.15) is 0 Å². The van der Waals surface area contributed by atoms with Crippen molar-refractivity contribution in [2.45, 2.75) is 9.79 Å². The van der Waals surface area contributed by atoms with Crippen molar-refractivity contribution in [1.29, 1.82) is 0 Å². The van der Waals surface area contributed by atoms with Crippen LogP contribution in [0.15, 0.2) is 113 Å². The molecule has 0 heterocycles. The number of hydrogen-bond donors (Lipinski definition) is 0. The van der Waals surface area contributed by atoms with Crippen LogP contribution in [0.2, 0.25) is 5.02 Å². The Balaban J connectivity index is 1.88. The highest BCUT2D eigenvalue weighted by atomic mass is 35.5. The number of hydrogen-bond acceptors (Lipinski definition) is 1. The summed E-state index contributed by atoms with van der Waals surface area (Å²) in [6, 6.07) is 36.2. The van der Waals surface area contributed by atoms with Gasteiger partial charge in [-0.05, 0) is 51.4 Å². The summed E-state index contributed by atoms with van der Waals surface area (Å²) < 4.78 is 0. The molecule has 0 nitrogen and oxygen atoms in total. The van der Waals surface area contributed by atoms with Crippen LogP contribution in [0, 0.1) is 0 Å². The lowest BCUT2D eigenvalue weighted by Crippen LogP contribution is -1.89. The molecular weight excluding hydrogens is 380 g/mol. The Morgan fingerprint density at radius 3 is 1.71 bits per heavy atom. The second kappa shape index (κ2) is 7.35. The molecule has 0 bridgehead atoms. The summed E-state index contributed by atoms with van der Waals surface area (Å²) in [6.07, 6.45) is 0. The summed E-state index contributed by atoms with van der Waals surface area (Å²) in [5, 5.41) is 5.89. The van der Waals surface area contributed by atoms with Gasteiger partial charge >= 0.3 is 0 Å². The van der Waals surface area contributed by atoms with Crippen molar-refractivity contribution in [1.82, 2.24) is 0 Å². The zero-order valence-corrected chi connectivity index (χ0v) is 16.7. The zero-order chi connectivity index (χ0) is 18.9. The lowest BCUT2D eigenvalue weighted by molar-refractivity contribution is 1.44. The fourth-order valence-corrected chi connectivity index (χ4v) is 4.98. The molecule has 0 saturated carbocycles. The molecule has 5 rings (SSSR count). The second-order valence-electron chi connectivity index (χ2n) is 6.72. The van der Waals surface area contributed by atoms with Gasteiger partial charge in [0.05, 0.1) is 0 Å². The van der Waals surface area contributed by atoms with E-state index in [0.29, 0.717) is 0 Å². The zero-order valence-electron chi connectivity index (χ0n) is 15.1. The molecule has 0 spiro atoms. The van der Waals surface area contributed by atoms with Crippen LogP contribution in [0.3, 0.4) is 0 Å². The maximum Gasteiger partial charge on any atom is 0.0406 e. The molecule has 0 radical (unpaired) electrons. The molecular formula is C26H17ClS. The van der Waals surface area contributed by atoms with Crippen LogP contribution >= 0.6 is 23.4 Å². The lowest BCUT2D eigenvalue weighted by Gasteiger charge is -2.17. The van der Waals surface area contributed by atoms with Gasteiger partial charge in [-0.3, -0.25) is 0 Å². The fraction of sp³-hybridized carbons (Fsp3) is 0. The highest BCUT2D eigenvalue weighted by Crippen LogP contribution is 2.46. The number of halogens is 1. The van der Waals surface area contributed by atoms with Gasteiger partial charge in [0.1, 0.15) is 0 Å². The maximum absolute atomic E-state index is 6.11. The Hall–Kier alpha value is -2.74. The van der Waals surface area contributed by atoms with Gasteiger partial charge in [-0.2, -0.15) is 0 Å². The van der Waals surface area contributed by atoms with Crippen molar-refractivity contribution in [2.24, 2.45) is 0 Å². The second-order valence-corrected chi connectivity index (χ2v) is 8.24. The highest BCUT2D eigenvalue weighted by molar-refractivity contribution is 7.99. The molecule has 0 unspecified atom stereocenters. The van der Waals surface area contributed by atoms with E-state index in [1.54, 1.807) is 11.8 Å². The molecule has 28 heavy (non-hydrogen) atoms. The van der Waals surface area contributed by atoms with Crippen LogP contribution in [0.4, 0.5) is 0 Å². The largest absolute Gasteiger partial charge is 0.0888 e. The van der Waals surface area contributed by atoms with Gasteiger partial charge in [0.15, 0.2) is 0 Å². The Labute approximate surface area is 173 Å². The molecule has 0 aliphatic heterocycles. The summed E-state index contributed by atoms with van der Waals surface area (Å²) in [7, 11) is 0. The van der Waals surface area contributed by atoms with E-state index in [1.165, 1.54) is 42.5 Å². The van der Waals surface area contributed by atoms with Gasteiger partial charge in [0, 0.05) is 20.4 Å². The van der Waals surface area contributed by atoms with Crippen LogP contribution in [0.25, 0.3) is 32.7 Å². The number of rotatable bonds is 3. The molecule has 0 aromatic heterocycles. The summed E-state index contributed by atoms with van der Waals surface area (Å²) in [6.45, 7) is 0. The van der Waals surface area contributed by atoms with Crippen molar-refractivity contribution in [3.05, 3.63) is 108 Å². The minimum atomic E-state index is 0.760. The van der Waals surface area contributed by atoms with Crippen LogP contribution in [-0.4, -0.2) is 0 Å². The van der Waals surface area contributed by atoms with Crippen molar-refractivity contribution in [3.8, 4) is 11.1 Å². The van der Waals surface area contributed by atoms with E-state index in [0.717, 1.165) is 5.02 Å². The summed E-state index contributed by atoms with van der Waals surface area (Å²) in [5.41, 5.74) is 2.52. The minimum absolute atomic E-state index is 0.760. The van der Waals surface area contributed by atoms with Crippen LogP contribution in [0.5, 0.6) is 0 Å². The maximum atomic E-state index is 6.11. The molecule has 0 N–H and O–H groups in total. The molecule has 2 heteroatoms. The van der Waals surface area contributed by atoms with Crippen molar-refractivity contribution < 1.29 is 0 Å². The van der Waals surface area contributed by atoms with Gasteiger partial charge in [-0.1, -0.05) is 102 Å². The highest BCUT2D eigenvalue weighted by Gasteiger charge is 2.16. The predicted octanol–water partition coefficient (Wildman–Crippen LogP) is 8.46. The third-order valence-electron chi connectivity index (χ3n) is 4.98. The first-order chi connectivity index (χ1) is 13.8. The van der Waals surface area contributed by atoms with Gasteiger partial charge in [-0.25, -0.2) is 0 Å². The van der Waals surface area contributed by atoms with E-state index in [-0.39, 0.29) is 0 Å². The first-order valence-electron chi connectivity index (χ1n) is 9.23. The Morgan fingerprint density at radius 2 is 1.04 bits per heavy atom. The van der Waals surface area contributed by atoms with E-state index in [2.05, 4.69) is 91.0 Å². The average Bonchev–Trinajstić information content (AvgIpc) is 2.76. The Bertz CT molecular complexity index is 1270. The monoisotopic (exact) mass is 396 g/mol. The molecule has 0 fully saturated rings. The van der Waals surface area contributed by atoms with Gasteiger partial charge in [-0.15, -0.1) is 0 Å². The Kier molecular flexibility index (Phi) is 4.56. The molecule has 0 saturated heterocycles. The van der Waals surface area contributed by atoms with E-state index in [9.17, 15) is 0 Å². The van der Waals surface area contributed by atoms with E-state index in [4.69, 9.17) is 11.6 Å². The van der Waals surface area contributed by atoms with Crippen LogP contribution < -0.4 is 0 Å². The molecule has 5 aromatic rings. The first-order valence-corrected chi connectivity index (χ1v) is 10.4. The molecule has 5 aromatic carbocycles. The number of fused-ring (bicyclic) bond motifs is 3. The number of benzene rings is 5. The minimum Gasteiger partial charge on any atom is -0.0888 e. The quantitative estimate of drug-likeness (QED) is 0.275. The standard InChI is InChI=1S/C26H17ClS/c27-19-14-16-20(17-15-19)28-26-24-13-7-5-11-22(24)21-10-4-6-12-23(21)25(26)18-8-2-1-3-9-18/h1-17H. The van der Waals surface area contributed by atoms with Crippen molar-refractivity contribution in [3.63, 3.8) is 0 Å². The average molecular weight is 397 g/mol. The lowest BCUT2D eigenvalue weighted by atomic mass is 9.93. The molecule has 134 valence electrons. The van der Waals surface area contributed by atoms with E-state index >= 15 is 0 Å². The van der Waals surface area contributed by atoms with Gasteiger partial charge < -0.3 is 0 Å². The normalized spacial score (nSPS) is 11.2. The van der Waals surface area contributed by atoms with Crippen LogP contribution in [-0.2, 0) is 0 Å². The summed E-state index contributed by atoms with van der Waals surface area (Å²) in [4.78, 5) is 2.46. The summed E-state index contributed by atoms with van der Waals surface area (Å²) in [5.74, 6) is 0. The van der Waals surface area contributed by atoms with E-state index < -0.39 is 0 Å². The molecule has 0 atom stereocenters. The smallest absolute Gasteiger partial charge is 0.0406 e. The Morgan fingerprint density at radius 1 is 0.500 bits per heavy atom. The predicted molar refractivity (Wildman–Crippen MR) is 122 cm³/mol. The van der Waals surface area contributed by atoms with Gasteiger partial charge in [0.25, 0.3) is 0 Å². The third-order valence-corrected chi connectivity index (χ3v) is 6.37.